The number of rotatable bonds is 4. The first-order chi connectivity index (χ1) is 8.69. The van der Waals surface area contributed by atoms with E-state index in [-0.39, 0.29) is 5.82 Å². The van der Waals surface area contributed by atoms with Gasteiger partial charge in [0.25, 0.3) is 0 Å². The van der Waals surface area contributed by atoms with E-state index in [9.17, 15) is 4.39 Å². The van der Waals surface area contributed by atoms with Gasteiger partial charge in [-0.25, -0.2) is 4.39 Å². The van der Waals surface area contributed by atoms with Crippen LogP contribution < -0.4 is 4.90 Å². The first-order valence-corrected chi connectivity index (χ1v) is 6.19. The van der Waals surface area contributed by atoms with Crippen LogP contribution in [0.15, 0.2) is 42.6 Å². The van der Waals surface area contributed by atoms with Crippen molar-refractivity contribution >= 4 is 17.3 Å². The Morgan fingerprint density at radius 1 is 1.28 bits per heavy atom. The van der Waals surface area contributed by atoms with E-state index in [0.717, 1.165) is 16.9 Å². The van der Waals surface area contributed by atoms with Crippen molar-refractivity contribution in [2.45, 2.75) is 12.4 Å². The normalized spacial score (nSPS) is 10.4. The van der Waals surface area contributed by atoms with Crippen LogP contribution >= 0.6 is 11.6 Å². The van der Waals surface area contributed by atoms with Crippen molar-refractivity contribution in [3.63, 3.8) is 0 Å². The third kappa shape index (κ3) is 3.20. The molecular formula is C14H14ClFN2. The van der Waals surface area contributed by atoms with Crippen LogP contribution in [-0.4, -0.2) is 12.0 Å². The van der Waals surface area contributed by atoms with Gasteiger partial charge in [-0.3, -0.25) is 4.98 Å². The minimum atomic E-state index is -0.211. The fourth-order valence-corrected chi connectivity index (χ4v) is 1.92. The number of halogens is 2. The highest BCUT2D eigenvalue weighted by molar-refractivity contribution is 6.16. The second-order valence-electron chi connectivity index (χ2n) is 4.12. The molecule has 18 heavy (non-hydrogen) atoms. The molecule has 1 aromatic carbocycles. The molecule has 0 radical (unpaired) electrons. The number of alkyl halides is 1. The predicted molar refractivity (Wildman–Crippen MR) is 72.3 cm³/mol. The summed E-state index contributed by atoms with van der Waals surface area (Å²) >= 11 is 5.75. The van der Waals surface area contributed by atoms with Crippen LogP contribution in [0.4, 0.5) is 10.1 Å². The van der Waals surface area contributed by atoms with Gasteiger partial charge in [0.05, 0.1) is 11.6 Å². The number of anilines is 1. The molecule has 0 saturated carbocycles. The number of hydrogen-bond donors (Lipinski definition) is 0. The van der Waals surface area contributed by atoms with Crippen LogP contribution in [0, 0.1) is 5.82 Å². The van der Waals surface area contributed by atoms with Gasteiger partial charge in [0.2, 0.25) is 0 Å². The molecule has 94 valence electrons. The van der Waals surface area contributed by atoms with E-state index >= 15 is 0 Å². The lowest BCUT2D eigenvalue weighted by atomic mass is 10.2. The van der Waals surface area contributed by atoms with E-state index in [1.165, 1.54) is 6.07 Å². The van der Waals surface area contributed by atoms with Gasteiger partial charge in [0, 0.05) is 25.5 Å². The Bertz CT molecular complexity index is 531. The Hall–Kier alpha value is -1.61. The highest BCUT2D eigenvalue weighted by Crippen LogP contribution is 2.17. The lowest BCUT2D eigenvalue weighted by Crippen LogP contribution is -2.16. The summed E-state index contributed by atoms with van der Waals surface area (Å²) in [5, 5.41) is 0. The Morgan fingerprint density at radius 2 is 2.11 bits per heavy atom. The summed E-state index contributed by atoms with van der Waals surface area (Å²) in [6, 6.07) is 10.5. The smallest absolute Gasteiger partial charge is 0.123 e. The van der Waals surface area contributed by atoms with Crippen molar-refractivity contribution in [1.29, 1.82) is 0 Å². The molecule has 2 nitrogen and oxygen atoms in total. The van der Waals surface area contributed by atoms with Crippen LogP contribution in [0.1, 0.15) is 11.3 Å². The lowest BCUT2D eigenvalue weighted by molar-refractivity contribution is 0.625. The molecule has 0 atom stereocenters. The maximum atomic E-state index is 13.1. The van der Waals surface area contributed by atoms with Gasteiger partial charge in [0.1, 0.15) is 5.82 Å². The molecule has 0 unspecified atom stereocenters. The van der Waals surface area contributed by atoms with Crippen molar-refractivity contribution in [2.75, 3.05) is 11.9 Å². The van der Waals surface area contributed by atoms with Crippen LogP contribution in [0.2, 0.25) is 0 Å². The molecule has 0 aliphatic rings. The molecule has 0 spiro atoms. The van der Waals surface area contributed by atoms with Crippen molar-refractivity contribution in [2.24, 2.45) is 0 Å². The molecule has 0 saturated heterocycles. The standard InChI is InChI=1S/C14H14ClFN2/c1-18(10-11-3-2-4-12(16)7-11)14-5-6-17-13(8-14)9-15/h2-8H,9-10H2,1H3. The molecule has 0 bridgehead atoms. The van der Waals surface area contributed by atoms with Crippen LogP contribution in [0.5, 0.6) is 0 Å². The Balaban J connectivity index is 2.13. The molecule has 0 aliphatic heterocycles. The van der Waals surface area contributed by atoms with Crippen LogP contribution in [0.3, 0.4) is 0 Å². The third-order valence-corrected chi connectivity index (χ3v) is 2.96. The fraction of sp³-hybridized carbons (Fsp3) is 0.214. The van der Waals surface area contributed by atoms with Crippen molar-refractivity contribution in [1.82, 2.24) is 4.98 Å². The number of benzene rings is 1. The van der Waals surface area contributed by atoms with Gasteiger partial charge >= 0.3 is 0 Å². The summed E-state index contributed by atoms with van der Waals surface area (Å²) in [4.78, 5) is 6.18. The van der Waals surface area contributed by atoms with Gasteiger partial charge in [-0.05, 0) is 29.8 Å². The molecule has 0 fully saturated rings. The van der Waals surface area contributed by atoms with Gasteiger partial charge in [-0.2, -0.15) is 0 Å². The average Bonchev–Trinajstić information content (AvgIpc) is 2.39. The van der Waals surface area contributed by atoms with Crippen LogP contribution in [0.25, 0.3) is 0 Å². The maximum Gasteiger partial charge on any atom is 0.123 e. The van der Waals surface area contributed by atoms with Gasteiger partial charge in [-0.15, -0.1) is 11.6 Å². The summed E-state index contributed by atoms with van der Waals surface area (Å²) < 4.78 is 13.1. The second kappa shape index (κ2) is 5.83. The van der Waals surface area contributed by atoms with E-state index in [4.69, 9.17) is 11.6 Å². The van der Waals surface area contributed by atoms with Gasteiger partial charge < -0.3 is 4.90 Å². The molecule has 1 heterocycles. The van der Waals surface area contributed by atoms with Crippen molar-refractivity contribution in [3.8, 4) is 0 Å². The molecule has 4 heteroatoms. The molecule has 2 rings (SSSR count). The average molecular weight is 265 g/mol. The first-order valence-electron chi connectivity index (χ1n) is 5.65. The highest BCUT2D eigenvalue weighted by Gasteiger charge is 2.04. The quantitative estimate of drug-likeness (QED) is 0.785. The summed E-state index contributed by atoms with van der Waals surface area (Å²) in [6.07, 6.45) is 1.73. The summed E-state index contributed by atoms with van der Waals surface area (Å²) in [5.74, 6) is 0.179. The molecular weight excluding hydrogens is 251 g/mol. The summed E-state index contributed by atoms with van der Waals surface area (Å²) in [6.45, 7) is 0.642. The SMILES string of the molecule is CN(Cc1cccc(F)c1)c1ccnc(CCl)c1. The molecule has 2 aromatic rings. The van der Waals surface area contributed by atoms with E-state index in [1.807, 2.05) is 30.1 Å². The minimum absolute atomic E-state index is 0.211. The minimum Gasteiger partial charge on any atom is -0.370 e. The summed E-state index contributed by atoms with van der Waals surface area (Å²) in [7, 11) is 1.96. The largest absolute Gasteiger partial charge is 0.370 e. The fourth-order valence-electron chi connectivity index (χ4n) is 1.78. The number of nitrogens with zero attached hydrogens (tertiary/aromatic N) is 2. The third-order valence-electron chi connectivity index (χ3n) is 2.69. The zero-order valence-electron chi connectivity index (χ0n) is 10.1. The second-order valence-corrected chi connectivity index (χ2v) is 4.39. The van der Waals surface area contributed by atoms with Crippen molar-refractivity contribution < 1.29 is 4.39 Å². The zero-order chi connectivity index (χ0) is 13.0. The molecule has 0 aliphatic carbocycles. The lowest BCUT2D eigenvalue weighted by Gasteiger charge is -2.19. The highest BCUT2D eigenvalue weighted by atomic mass is 35.5. The van der Waals surface area contributed by atoms with Crippen molar-refractivity contribution in [3.05, 3.63) is 59.7 Å². The van der Waals surface area contributed by atoms with Gasteiger partial charge in [0.15, 0.2) is 0 Å². The Labute approximate surface area is 111 Å². The Morgan fingerprint density at radius 3 is 2.83 bits per heavy atom. The van der Waals surface area contributed by atoms with Crippen LogP contribution in [-0.2, 0) is 12.4 Å². The maximum absolute atomic E-state index is 13.1. The van der Waals surface area contributed by atoms with Gasteiger partial charge in [-0.1, -0.05) is 12.1 Å². The Kier molecular flexibility index (Phi) is 4.15. The van der Waals surface area contributed by atoms with E-state index < -0.39 is 0 Å². The van der Waals surface area contributed by atoms with E-state index in [1.54, 1.807) is 18.3 Å². The topological polar surface area (TPSA) is 16.1 Å². The molecule has 0 N–H and O–H groups in total. The monoisotopic (exact) mass is 264 g/mol. The summed E-state index contributed by atoms with van der Waals surface area (Å²) in [5.41, 5.74) is 2.78. The molecule has 1 aromatic heterocycles. The molecule has 0 amide bonds. The number of hydrogen-bond acceptors (Lipinski definition) is 2. The van der Waals surface area contributed by atoms with E-state index in [0.29, 0.717) is 12.4 Å². The first kappa shape index (κ1) is 12.8. The number of pyridine rings is 1. The number of aromatic nitrogens is 1. The zero-order valence-corrected chi connectivity index (χ0v) is 10.9. The predicted octanol–water partition coefficient (Wildman–Crippen LogP) is 3.60. The van der Waals surface area contributed by atoms with E-state index in [2.05, 4.69) is 4.98 Å².